The Hall–Kier alpha value is -2.37. The van der Waals surface area contributed by atoms with Gasteiger partial charge in [-0.2, -0.15) is 4.98 Å². The average molecular weight is 310 g/mol. The molecule has 2 aliphatic rings. The van der Waals surface area contributed by atoms with E-state index in [1.54, 1.807) is 4.57 Å². The van der Waals surface area contributed by atoms with Gasteiger partial charge in [0.25, 0.3) is 5.56 Å². The van der Waals surface area contributed by atoms with Crippen molar-refractivity contribution in [2.75, 3.05) is 0 Å². The summed E-state index contributed by atoms with van der Waals surface area (Å²) in [5.41, 5.74) is 0.792. The summed E-state index contributed by atoms with van der Waals surface area (Å²) >= 11 is 0. The average Bonchev–Trinajstić information content (AvgIpc) is 3.46. The van der Waals surface area contributed by atoms with Gasteiger partial charge in [0, 0.05) is 30.2 Å². The molecule has 3 aromatic rings. The van der Waals surface area contributed by atoms with E-state index in [1.807, 2.05) is 24.5 Å². The van der Waals surface area contributed by atoms with E-state index in [-0.39, 0.29) is 5.56 Å². The van der Waals surface area contributed by atoms with Gasteiger partial charge in [0.1, 0.15) is 12.1 Å². The Labute approximate surface area is 132 Å². The van der Waals surface area contributed by atoms with Crippen LogP contribution in [0.25, 0.3) is 10.9 Å². The summed E-state index contributed by atoms with van der Waals surface area (Å²) in [7, 11) is 0. The molecule has 0 radical (unpaired) electrons. The van der Waals surface area contributed by atoms with Crippen LogP contribution in [0.3, 0.4) is 0 Å². The van der Waals surface area contributed by atoms with E-state index in [1.165, 1.54) is 12.8 Å². The van der Waals surface area contributed by atoms with Crippen molar-refractivity contribution in [2.24, 2.45) is 5.92 Å². The lowest BCUT2D eigenvalue weighted by Crippen LogP contribution is -2.22. The Morgan fingerprint density at radius 2 is 1.91 bits per heavy atom. The highest BCUT2D eigenvalue weighted by molar-refractivity contribution is 5.78. The fraction of sp³-hybridized carbons (Fsp3) is 0.471. The summed E-state index contributed by atoms with van der Waals surface area (Å²) in [5, 5.41) is 5.01. The van der Waals surface area contributed by atoms with Gasteiger partial charge in [-0.25, -0.2) is 0 Å². The van der Waals surface area contributed by atoms with Crippen molar-refractivity contribution in [1.29, 1.82) is 0 Å². The van der Waals surface area contributed by atoms with Crippen molar-refractivity contribution in [2.45, 2.75) is 44.7 Å². The molecule has 6 nitrogen and oxygen atoms in total. The lowest BCUT2D eigenvalue weighted by molar-refractivity contribution is 0.365. The van der Waals surface area contributed by atoms with Crippen LogP contribution in [0.5, 0.6) is 0 Å². The summed E-state index contributed by atoms with van der Waals surface area (Å²) in [4.78, 5) is 17.2. The van der Waals surface area contributed by atoms with Gasteiger partial charge >= 0.3 is 0 Å². The minimum atomic E-state index is 0.0133. The molecule has 6 heteroatoms. The first-order chi connectivity index (χ1) is 11.3. The van der Waals surface area contributed by atoms with E-state index >= 15 is 0 Å². The van der Waals surface area contributed by atoms with Gasteiger partial charge in [0.2, 0.25) is 5.89 Å². The Morgan fingerprint density at radius 1 is 1.13 bits per heavy atom. The molecule has 0 aliphatic heterocycles. The molecule has 0 bridgehead atoms. The minimum absolute atomic E-state index is 0.0133. The van der Waals surface area contributed by atoms with Crippen LogP contribution in [0.15, 0.2) is 33.8 Å². The number of hydrogen-bond donors (Lipinski definition) is 0. The third-order valence-electron chi connectivity index (χ3n) is 4.78. The van der Waals surface area contributed by atoms with Gasteiger partial charge in [-0.05, 0) is 43.7 Å². The van der Waals surface area contributed by atoms with Crippen LogP contribution in [0.1, 0.15) is 43.3 Å². The molecule has 2 aliphatic carbocycles. The molecule has 0 unspecified atom stereocenters. The fourth-order valence-corrected chi connectivity index (χ4v) is 3.08. The van der Waals surface area contributed by atoms with Crippen molar-refractivity contribution in [3.05, 3.63) is 46.6 Å². The Kier molecular flexibility index (Phi) is 2.74. The molecule has 0 atom stereocenters. The van der Waals surface area contributed by atoms with Crippen molar-refractivity contribution < 1.29 is 4.52 Å². The molecule has 118 valence electrons. The molecule has 3 aromatic heterocycles. The van der Waals surface area contributed by atoms with E-state index < -0.39 is 0 Å². The van der Waals surface area contributed by atoms with Crippen LogP contribution < -0.4 is 5.56 Å². The molecule has 5 rings (SSSR count). The van der Waals surface area contributed by atoms with E-state index in [0.717, 1.165) is 42.0 Å². The largest absolute Gasteiger partial charge is 0.343 e. The molecule has 23 heavy (non-hydrogen) atoms. The summed E-state index contributed by atoms with van der Waals surface area (Å²) in [6.07, 6.45) is 8.65. The van der Waals surface area contributed by atoms with Crippen molar-refractivity contribution in [3.8, 4) is 0 Å². The van der Waals surface area contributed by atoms with Gasteiger partial charge < -0.3 is 13.7 Å². The lowest BCUT2D eigenvalue weighted by Gasteiger charge is -2.06. The topological polar surface area (TPSA) is 65.8 Å². The zero-order valence-electron chi connectivity index (χ0n) is 12.8. The molecule has 3 heterocycles. The first-order valence-corrected chi connectivity index (χ1v) is 8.29. The number of aromatic nitrogens is 4. The Bertz CT molecular complexity index is 928. The predicted octanol–water partition coefficient (Wildman–Crippen LogP) is 2.52. The monoisotopic (exact) mass is 310 g/mol. The van der Waals surface area contributed by atoms with Crippen LogP contribution in [0, 0.1) is 5.92 Å². The van der Waals surface area contributed by atoms with Gasteiger partial charge in [-0.15, -0.1) is 0 Å². The Morgan fingerprint density at radius 3 is 2.65 bits per heavy atom. The smallest absolute Gasteiger partial charge is 0.275 e. The second-order valence-corrected chi connectivity index (χ2v) is 6.78. The predicted molar refractivity (Wildman–Crippen MR) is 84.3 cm³/mol. The fourth-order valence-electron chi connectivity index (χ4n) is 3.08. The molecule has 0 saturated heterocycles. The molecular formula is C17H18N4O2. The van der Waals surface area contributed by atoms with E-state index in [9.17, 15) is 4.79 Å². The zero-order chi connectivity index (χ0) is 15.4. The van der Waals surface area contributed by atoms with Crippen molar-refractivity contribution in [3.63, 3.8) is 0 Å². The normalized spacial score (nSPS) is 17.9. The van der Waals surface area contributed by atoms with Crippen molar-refractivity contribution >= 4 is 10.9 Å². The lowest BCUT2D eigenvalue weighted by atomic mass is 10.3. The maximum atomic E-state index is 12.8. The number of hydrogen-bond acceptors (Lipinski definition) is 4. The molecule has 0 aromatic carbocycles. The molecular weight excluding hydrogens is 292 g/mol. The highest BCUT2D eigenvalue weighted by Gasteiger charge is 2.29. The van der Waals surface area contributed by atoms with Crippen molar-refractivity contribution in [1.82, 2.24) is 19.3 Å². The van der Waals surface area contributed by atoms with Crippen LogP contribution in [-0.4, -0.2) is 19.3 Å². The van der Waals surface area contributed by atoms with Gasteiger partial charge in [0.15, 0.2) is 5.82 Å². The third kappa shape index (κ3) is 2.38. The quantitative estimate of drug-likeness (QED) is 0.726. The minimum Gasteiger partial charge on any atom is -0.343 e. The SMILES string of the molecule is O=c1c2c(ccn1Cc1nc(C3CC3)no1)ccn2CC1CC1. The summed E-state index contributed by atoms with van der Waals surface area (Å²) in [5.74, 6) is 2.48. The Balaban J connectivity index is 1.49. The maximum Gasteiger partial charge on any atom is 0.275 e. The summed E-state index contributed by atoms with van der Waals surface area (Å²) in [6, 6.07) is 4.00. The molecule has 0 N–H and O–H groups in total. The highest BCUT2D eigenvalue weighted by atomic mass is 16.5. The molecule has 2 saturated carbocycles. The van der Waals surface area contributed by atoms with Gasteiger partial charge in [0.05, 0.1) is 0 Å². The molecule has 2 fully saturated rings. The summed E-state index contributed by atoms with van der Waals surface area (Å²) < 4.78 is 9.05. The van der Waals surface area contributed by atoms with Crippen LogP contribution in [-0.2, 0) is 13.1 Å². The zero-order valence-corrected chi connectivity index (χ0v) is 12.8. The molecule has 0 spiro atoms. The number of rotatable bonds is 5. The van der Waals surface area contributed by atoms with E-state index in [4.69, 9.17) is 4.52 Å². The summed E-state index contributed by atoms with van der Waals surface area (Å²) in [6.45, 7) is 1.28. The third-order valence-corrected chi connectivity index (χ3v) is 4.78. The molecule has 0 amide bonds. The van der Waals surface area contributed by atoms with Crippen LogP contribution >= 0.6 is 0 Å². The number of fused-ring (bicyclic) bond motifs is 1. The van der Waals surface area contributed by atoms with Gasteiger partial charge in [-0.1, -0.05) is 5.16 Å². The van der Waals surface area contributed by atoms with E-state index in [0.29, 0.717) is 18.4 Å². The highest BCUT2D eigenvalue weighted by Crippen LogP contribution is 2.38. The van der Waals surface area contributed by atoms with Crippen LogP contribution in [0.2, 0.25) is 0 Å². The number of pyridine rings is 1. The maximum absolute atomic E-state index is 12.8. The first kappa shape index (κ1) is 13.1. The standard InChI is InChI=1S/C17H18N4O2/c22-17-15-12(5-7-20(15)9-11-1-2-11)6-8-21(17)10-14-18-16(19-23-14)13-3-4-13/h5-8,11,13H,1-4,9-10H2. The van der Waals surface area contributed by atoms with E-state index in [2.05, 4.69) is 14.7 Å². The van der Waals surface area contributed by atoms with Crippen LogP contribution in [0.4, 0.5) is 0 Å². The first-order valence-electron chi connectivity index (χ1n) is 8.29. The second kappa shape index (κ2) is 4.81. The second-order valence-electron chi connectivity index (χ2n) is 6.78. The number of nitrogens with zero attached hydrogens (tertiary/aromatic N) is 4. The van der Waals surface area contributed by atoms with Gasteiger partial charge in [-0.3, -0.25) is 4.79 Å².